The summed E-state index contributed by atoms with van der Waals surface area (Å²) in [5, 5.41) is 9.51. The molecule has 0 aliphatic heterocycles. The van der Waals surface area contributed by atoms with Gasteiger partial charge in [-0.2, -0.15) is 0 Å². The first-order chi connectivity index (χ1) is 15.5. The highest BCUT2D eigenvalue weighted by atomic mass is 32.2. The molecule has 0 spiro atoms. The van der Waals surface area contributed by atoms with Crippen molar-refractivity contribution in [1.29, 1.82) is 0 Å². The molecule has 2 aromatic heterocycles. The van der Waals surface area contributed by atoms with Gasteiger partial charge in [0.25, 0.3) is 5.56 Å². The highest BCUT2D eigenvalue weighted by Crippen LogP contribution is 2.46. The van der Waals surface area contributed by atoms with Crippen LogP contribution in [0.25, 0.3) is 0 Å². The van der Waals surface area contributed by atoms with Crippen molar-refractivity contribution in [3.05, 3.63) is 26.7 Å². The van der Waals surface area contributed by atoms with E-state index in [9.17, 15) is 14.4 Å². The molecule has 32 heavy (non-hydrogen) atoms. The topological polar surface area (TPSA) is 132 Å². The standard InChI is InChI=1S/C21H31N7O3S/c1-3-5-11-26(16-17(22)27(10-4-2)20(31)23-19(16)30)15(29)12-32-21-25-24-18(13-6-7-13)28(21)14-8-9-14/h13-14H,3-12,22H2,1-2H3,(H,23,30,31). The number of anilines is 2. The number of hydrogen-bond acceptors (Lipinski definition) is 7. The monoisotopic (exact) mass is 461 g/mol. The van der Waals surface area contributed by atoms with Gasteiger partial charge in [-0.25, -0.2) is 4.79 Å². The highest BCUT2D eigenvalue weighted by molar-refractivity contribution is 7.99. The lowest BCUT2D eigenvalue weighted by atomic mass is 10.2. The summed E-state index contributed by atoms with van der Waals surface area (Å²) in [4.78, 5) is 41.9. The molecule has 0 radical (unpaired) electrons. The van der Waals surface area contributed by atoms with E-state index in [0.29, 0.717) is 37.9 Å². The zero-order valence-corrected chi connectivity index (χ0v) is 19.5. The Hall–Kier alpha value is -2.56. The summed E-state index contributed by atoms with van der Waals surface area (Å²) in [5.41, 5.74) is 5.09. The molecule has 2 heterocycles. The summed E-state index contributed by atoms with van der Waals surface area (Å²) in [6, 6.07) is 0.436. The molecule has 1 amide bonds. The highest BCUT2D eigenvalue weighted by Gasteiger charge is 2.36. The molecule has 2 saturated carbocycles. The number of carbonyl (C=O) groups is 1. The van der Waals surface area contributed by atoms with Crippen molar-refractivity contribution in [2.75, 3.05) is 22.9 Å². The first-order valence-corrected chi connectivity index (χ1v) is 12.4. The molecule has 2 aromatic rings. The molecule has 3 N–H and O–H groups in total. The maximum atomic E-state index is 13.3. The van der Waals surface area contributed by atoms with Crippen molar-refractivity contribution in [3.8, 4) is 0 Å². The lowest BCUT2D eigenvalue weighted by Gasteiger charge is -2.24. The Kier molecular flexibility index (Phi) is 6.73. The van der Waals surface area contributed by atoms with Crippen molar-refractivity contribution < 1.29 is 4.79 Å². The van der Waals surface area contributed by atoms with Crippen LogP contribution in [0, 0.1) is 0 Å². The maximum absolute atomic E-state index is 13.3. The van der Waals surface area contributed by atoms with Crippen LogP contribution in [0.5, 0.6) is 0 Å². The van der Waals surface area contributed by atoms with E-state index in [1.165, 1.54) is 21.2 Å². The second kappa shape index (κ2) is 9.51. The number of nitrogens with zero attached hydrogens (tertiary/aromatic N) is 5. The maximum Gasteiger partial charge on any atom is 0.330 e. The van der Waals surface area contributed by atoms with Crippen molar-refractivity contribution >= 4 is 29.2 Å². The quantitative estimate of drug-likeness (QED) is 0.491. The number of unbranched alkanes of at least 4 members (excludes halogenated alkanes) is 1. The number of aromatic amines is 1. The van der Waals surface area contributed by atoms with Gasteiger partial charge in [0.05, 0.1) is 5.75 Å². The number of nitrogens with one attached hydrogen (secondary N) is 1. The van der Waals surface area contributed by atoms with Crippen LogP contribution in [0.15, 0.2) is 14.7 Å². The SMILES string of the molecule is CCCCN(C(=O)CSc1nnc(C2CC2)n1C1CC1)c1c(N)n(CCC)c(=O)[nH]c1=O. The molecule has 2 fully saturated rings. The van der Waals surface area contributed by atoms with Gasteiger partial charge in [-0.3, -0.25) is 19.1 Å². The summed E-state index contributed by atoms with van der Waals surface area (Å²) >= 11 is 1.35. The summed E-state index contributed by atoms with van der Waals surface area (Å²) in [5.74, 6) is 1.45. The minimum absolute atomic E-state index is 0.0345. The summed E-state index contributed by atoms with van der Waals surface area (Å²) in [6.45, 7) is 4.66. The molecule has 2 aliphatic carbocycles. The molecule has 0 aromatic carbocycles. The summed E-state index contributed by atoms with van der Waals surface area (Å²) in [7, 11) is 0. The Labute approximate surface area is 190 Å². The number of rotatable bonds is 11. The predicted octanol–water partition coefficient (Wildman–Crippen LogP) is 2.26. The normalized spacial score (nSPS) is 15.8. The molecule has 0 bridgehead atoms. The van der Waals surface area contributed by atoms with E-state index in [1.54, 1.807) is 0 Å². The molecule has 0 atom stereocenters. The van der Waals surface area contributed by atoms with Crippen LogP contribution in [0.2, 0.25) is 0 Å². The number of H-pyrrole nitrogens is 1. The Balaban J connectivity index is 1.58. The van der Waals surface area contributed by atoms with Crippen molar-refractivity contribution in [2.24, 2.45) is 0 Å². The molecule has 11 heteroatoms. The van der Waals surface area contributed by atoms with E-state index < -0.39 is 11.2 Å². The zero-order chi connectivity index (χ0) is 22.8. The van der Waals surface area contributed by atoms with Gasteiger partial charge in [-0.1, -0.05) is 32.0 Å². The fourth-order valence-electron chi connectivity index (χ4n) is 3.85. The second-order valence-electron chi connectivity index (χ2n) is 8.55. The van der Waals surface area contributed by atoms with Crippen LogP contribution in [-0.4, -0.2) is 42.5 Å². The van der Waals surface area contributed by atoms with Crippen molar-refractivity contribution in [1.82, 2.24) is 24.3 Å². The van der Waals surface area contributed by atoms with Gasteiger partial charge in [0.2, 0.25) is 5.91 Å². The van der Waals surface area contributed by atoms with E-state index in [0.717, 1.165) is 43.1 Å². The number of amides is 1. The Bertz CT molecular complexity index is 1100. The molecular weight excluding hydrogens is 430 g/mol. The van der Waals surface area contributed by atoms with E-state index >= 15 is 0 Å². The first kappa shape index (κ1) is 22.6. The smallest absolute Gasteiger partial charge is 0.330 e. The van der Waals surface area contributed by atoms with Gasteiger partial charge in [0.15, 0.2) is 10.8 Å². The van der Waals surface area contributed by atoms with Gasteiger partial charge < -0.3 is 15.2 Å². The number of carbonyl (C=O) groups excluding carboxylic acids is 1. The fraction of sp³-hybridized carbons (Fsp3) is 0.667. The lowest BCUT2D eigenvalue weighted by molar-refractivity contribution is -0.116. The minimum Gasteiger partial charge on any atom is -0.383 e. The first-order valence-electron chi connectivity index (χ1n) is 11.5. The average Bonchev–Trinajstić information content (AvgIpc) is 3.70. The van der Waals surface area contributed by atoms with Crippen molar-refractivity contribution in [3.63, 3.8) is 0 Å². The third kappa shape index (κ3) is 4.62. The molecule has 2 aliphatic rings. The van der Waals surface area contributed by atoms with Gasteiger partial charge >= 0.3 is 5.69 Å². The van der Waals surface area contributed by atoms with Crippen molar-refractivity contribution in [2.45, 2.75) is 82.5 Å². The number of aromatic nitrogens is 5. The third-order valence-corrected chi connectivity index (χ3v) is 6.77. The molecule has 0 unspecified atom stereocenters. The number of nitrogens with two attached hydrogens (primary N) is 1. The van der Waals surface area contributed by atoms with Crippen LogP contribution in [0.3, 0.4) is 0 Å². The molecule has 174 valence electrons. The Morgan fingerprint density at radius 3 is 2.56 bits per heavy atom. The second-order valence-corrected chi connectivity index (χ2v) is 9.49. The van der Waals surface area contributed by atoms with Gasteiger partial charge in [-0.15, -0.1) is 10.2 Å². The fourth-order valence-corrected chi connectivity index (χ4v) is 4.74. The van der Waals surface area contributed by atoms with E-state index in [1.807, 2.05) is 13.8 Å². The molecular formula is C21H31N7O3S. The van der Waals surface area contributed by atoms with E-state index in [4.69, 9.17) is 5.73 Å². The van der Waals surface area contributed by atoms with Crippen LogP contribution in [0.1, 0.15) is 76.6 Å². The zero-order valence-electron chi connectivity index (χ0n) is 18.7. The molecule has 0 saturated heterocycles. The summed E-state index contributed by atoms with van der Waals surface area (Å²) < 4.78 is 3.52. The van der Waals surface area contributed by atoms with Gasteiger partial charge in [0.1, 0.15) is 11.6 Å². The van der Waals surface area contributed by atoms with Crippen LogP contribution >= 0.6 is 11.8 Å². The number of hydrogen-bond donors (Lipinski definition) is 2. The van der Waals surface area contributed by atoms with Crippen LogP contribution in [0.4, 0.5) is 11.5 Å². The number of nitrogen functional groups attached to an aromatic ring is 1. The lowest BCUT2D eigenvalue weighted by Crippen LogP contribution is -2.42. The van der Waals surface area contributed by atoms with E-state index in [-0.39, 0.29) is 23.2 Å². The average molecular weight is 462 g/mol. The number of thioether (sulfide) groups is 1. The Morgan fingerprint density at radius 1 is 1.19 bits per heavy atom. The molecule has 4 rings (SSSR count). The summed E-state index contributed by atoms with van der Waals surface area (Å²) in [6.07, 6.45) is 6.77. The minimum atomic E-state index is -0.633. The van der Waals surface area contributed by atoms with Gasteiger partial charge in [-0.05, 0) is 38.5 Å². The predicted molar refractivity (Wildman–Crippen MR) is 124 cm³/mol. The van der Waals surface area contributed by atoms with Gasteiger partial charge in [0, 0.05) is 25.0 Å². The Morgan fingerprint density at radius 2 is 1.94 bits per heavy atom. The van der Waals surface area contributed by atoms with Crippen LogP contribution < -0.4 is 21.9 Å². The van der Waals surface area contributed by atoms with E-state index in [2.05, 4.69) is 19.7 Å². The molecule has 10 nitrogen and oxygen atoms in total. The van der Waals surface area contributed by atoms with Crippen LogP contribution in [-0.2, 0) is 11.3 Å². The third-order valence-electron chi connectivity index (χ3n) is 5.84. The largest absolute Gasteiger partial charge is 0.383 e.